The summed E-state index contributed by atoms with van der Waals surface area (Å²) in [6.45, 7) is 2.17. The van der Waals surface area contributed by atoms with Crippen molar-refractivity contribution in [1.29, 1.82) is 0 Å². The molecule has 0 unspecified atom stereocenters. The van der Waals surface area contributed by atoms with Crippen molar-refractivity contribution in [3.63, 3.8) is 0 Å². The first-order chi connectivity index (χ1) is 16.0. The first-order valence-corrected chi connectivity index (χ1v) is 12.3. The number of amides is 2. The van der Waals surface area contributed by atoms with Crippen LogP contribution < -0.4 is 5.32 Å². The van der Waals surface area contributed by atoms with Crippen LogP contribution in [-0.2, 0) is 16.1 Å². The van der Waals surface area contributed by atoms with Crippen LogP contribution in [0.4, 0.5) is 5.82 Å². The Bertz CT molecular complexity index is 1220. The number of nitrogens with zero attached hydrogens (tertiary/aromatic N) is 4. The molecule has 0 spiro atoms. The smallest absolute Gasteiger partial charge is 0.235 e. The number of rotatable bonds is 9. The lowest BCUT2D eigenvalue weighted by Crippen LogP contribution is -2.28. The summed E-state index contributed by atoms with van der Waals surface area (Å²) < 4.78 is 6.76. The Labute approximate surface area is 199 Å². The molecule has 0 atom stereocenters. The Morgan fingerprint density at radius 2 is 2.00 bits per heavy atom. The Balaban J connectivity index is 1.37. The summed E-state index contributed by atoms with van der Waals surface area (Å²) in [6.07, 6.45) is 1.97. The Hall–Kier alpha value is -3.37. The molecule has 1 N–H and O–H groups in total. The van der Waals surface area contributed by atoms with E-state index >= 15 is 0 Å². The van der Waals surface area contributed by atoms with Gasteiger partial charge >= 0.3 is 0 Å². The topological polar surface area (TPSA) is 93.3 Å². The Morgan fingerprint density at radius 3 is 2.70 bits per heavy atom. The molecule has 0 saturated heterocycles. The number of hydrogen-bond donors (Lipinski definition) is 1. The third-order valence-corrected chi connectivity index (χ3v) is 6.55. The third-order valence-electron chi connectivity index (χ3n) is 4.75. The van der Waals surface area contributed by atoms with Gasteiger partial charge < -0.3 is 14.7 Å². The van der Waals surface area contributed by atoms with Gasteiger partial charge in [0.2, 0.25) is 11.8 Å². The molecule has 3 heterocycles. The minimum atomic E-state index is -0.229. The molecular weight excluding hydrogens is 458 g/mol. The summed E-state index contributed by atoms with van der Waals surface area (Å²) in [5.41, 5.74) is 2.78. The highest BCUT2D eigenvalue weighted by atomic mass is 32.2. The van der Waals surface area contributed by atoms with Gasteiger partial charge in [-0.15, -0.1) is 23.1 Å². The number of hydrogen-bond acceptors (Lipinski definition) is 7. The SMILES string of the molecule is Cc1cc(NC(=O)CSCC(=O)N(C)Cc2cn(-c3ccccc3)nc2-c2cccs2)no1. The van der Waals surface area contributed by atoms with Gasteiger partial charge in [-0.1, -0.05) is 29.4 Å². The lowest BCUT2D eigenvalue weighted by Gasteiger charge is -2.16. The number of para-hydroxylation sites is 1. The quantitative estimate of drug-likeness (QED) is 0.385. The van der Waals surface area contributed by atoms with Gasteiger partial charge in [-0.25, -0.2) is 4.68 Å². The summed E-state index contributed by atoms with van der Waals surface area (Å²) in [5, 5.41) is 13.2. The van der Waals surface area contributed by atoms with Crippen LogP contribution in [0.1, 0.15) is 11.3 Å². The number of aromatic nitrogens is 3. The lowest BCUT2D eigenvalue weighted by atomic mass is 10.2. The number of aryl methyl sites for hydroxylation is 1. The summed E-state index contributed by atoms with van der Waals surface area (Å²) in [6, 6.07) is 15.5. The van der Waals surface area contributed by atoms with Crippen molar-refractivity contribution in [2.45, 2.75) is 13.5 Å². The number of thioether (sulfide) groups is 1. The zero-order chi connectivity index (χ0) is 23.2. The molecule has 10 heteroatoms. The molecular formula is C23H23N5O3S2. The van der Waals surface area contributed by atoms with E-state index in [0.717, 1.165) is 21.8 Å². The fraction of sp³-hybridized carbons (Fsp3) is 0.217. The monoisotopic (exact) mass is 481 g/mol. The molecule has 0 aliphatic rings. The molecule has 0 aliphatic carbocycles. The van der Waals surface area contributed by atoms with E-state index in [1.807, 2.05) is 58.7 Å². The fourth-order valence-electron chi connectivity index (χ4n) is 3.15. The third kappa shape index (κ3) is 5.91. The van der Waals surface area contributed by atoms with Crippen molar-refractivity contribution < 1.29 is 14.1 Å². The predicted octanol–water partition coefficient (Wildman–Crippen LogP) is 4.23. The highest BCUT2D eigenvalue weighted by Gasteiger charge is 2.18. The van der Waals surface area contributed by atoms with Crippen molar-refractivity contribution in [3.05, 3.63) is 71.4 Å². The maximum atomic E-state index is 12.7. The predicted molar refractivity (Wildman–Crippen MR) is 131 cm³/mol. The van der Waals surface area contributed by atoms with Gasteiger partial charge in [0.05, 0.1) is 22.1 Å². The van der Waals surface area contributed by atoms with Gasteiger partial charge in [-0.3, -0.25) is 9.59 Å². The molecule has 4 rings (SSSR count). The fourth-order valence-corrected chi connectivity index (χ4v) is 4.65. The van der Waals surface area contributed by atoms with Gasteiger partial charge in [0.25, 0.3) is 0 Å². The van der Waals surface area contributed by atoms with Crippen LogP contribution in [0.5, 0.6) is 0 Å². The Morgan fingerprint density at radius 1 is 1.18 bits per heavy atom. The van der Waals surface area contributed by atoms with E-state index < -0.39 is 0 Å². The highest BCUT2D eigenvalue weighted by molar-refractivity contribution is 8.00. The van der Waals surface area contributed by atoms with Crippen molar-refractivity contribution >= 4 is 40.7 Å². The summed E-state index contributed by atoms with van der Waals surface area (Å²) in [7, 11) is 1.76. The second kappa shape index (κ2) is 10.5. The molecule has 0 fully saturated rings. The van der Waals surface area contributed by atoms with E-state index in [0.29, 0.717) is 18.1 Å². The second-order valence-electron chi connectivity index (χ2n) is 7.37. The van der Waals surface area contributed by atoms with E-state index in [1.165, 1.54) is 11.8 Å². The molecule has 3 aromatic heterocycles. The molecule has 0 radical (unpaired) electrons. The minimum Gasteiger partial charge on any atom is -0.360 e. The molecule has 33 heavy (non-hydrogen) atoms. The van der Waals surface area contributed by atoms with E-state index in [2.05, 4.69) is 10.5 Å². The van der Waals surface area contributed by atoms with E-state index in [9.17, 15) is 9.59 Å². The van der Waals surface area contributed by atoms with Gasteiger partial charge in [-0.05, 0) is 30.5 Å². The minimum absolute atomic E-state index is 0.0605. The molecule has 170 valence electrons. The lowest BCUT2D eigenvalue weighted by molar-refractivity contribution is -0.127. The molecule has 8 nitrogen and oxygen atoms in total. The molecule has 0 saturated carbocycles. The van der Waals surface area contributed by atoms with E-state index in [1.54, 1.807) is 36.3 Å². The van der Waals surface area contributed by atoms with Crippen molar-refractivity contribution in [2.24, 2.45) is 0 Å². The number of carbonyl (C=O) groups excluding carboxylic acids is 2. The molecule has 0 bridgehead atoms. The van der Waals surface area contributed by atoms with Crippen LogP contribution in [0.2, 0.25) is 0 Å². The number of anilines is 1. The average Bonchev–Trinajstić information content (AvgIpc) is 3.55. The number of thiophene rings is 1. The average molecular weight is 482 g/mol. The number of nitrogens with one attached hydrogen (secondary N) is 1. The normalized spacial score (nSPS) is 10.8. The zero-order valence-corrected chi connectivity index (χ0v) is 19.9. The summed E-state index contributed by atoms with van der Waals surface area (Å²) in [5.74, 6) is 1.05. The van der Waals surface area contributed by atoms with Gasteiger partial charge in [0.15, 0.2) is 5.82 Å². The molecule has 0 aliphatic heterocycles. The van der Waals surface area contributed by atoms with Crippen LogP contribution >= 0.6 is 23.1 Å². The van der Waals surface area contributed by atoms with Crippen molar-refractivity contribution in [2.75, 3.05) is 23.9 Å². The Kier molecular flexibility index (Phi) is 7.26. The van der Waals surface area contributed by atoms with Gasteiger partial charge in [0, 0.05) is 31.4 Å². The van der Waals surface area contributed by atoms with Crippen molar-refractivity contribution in [3.8, 4) is 16.3 Å². The molecule has 4 aromatic rings. The highest BCUT2D eigenvalue weighted by Crippen LogP contribution is 2.28. The largest absolute Gasteiger partial charge is 0.360 e. The van der Waals surface area contributed by atoms with Crippen LogP contribution in [0, 0.1) is 6.92 Å². The van der Waals surface area contributed by atoms with Crippen LogP contribution in [-0.4, -0.2) is 50.2 Å². The first kappa shape index (κ1) is 22.8. The maximum Gasteiger partial charge on any atom is 0.235 e. The standard InChI is InChI=1S/C23H23N5O3S2/c1-16-11-20(26-31-16)24-21(29)14-32-15-22(30)27(2)12-17-13-28(18-7-4-3-5-8-18)25-23(17)19-9-6-10-33-19/h3-11,13H,12,14-15H2,1-2H3,(H,24,26,29). The second-order valence-corrected chi connectivity index (χ2v) is 9.31. The van der Waals surface area contributed by atoms with E-state index in [-0.39, 0.29) is 23.3 Å². The maximum absolute atomic E-state index is 12.7. The number of benzene rings is 1. The van der Waals surface area contributed by atoms with Crippen molar-refractivity contribution in [1.82, 2.24) is 19.8 Å². The number of carbonyl (C=O) groups is 2. The van der Waals surface area contributed by atoms with Crippen LogP contribution in [0.3, 0.4) is 0 Å². The summed E-state index contributed by atoms with van der Waals surface area (Å²) >= 11 is 2.87. The van der Waals surface area contributed by atoms with Crippen LogP contribution in [0.15, 0.2) is 64.6 Å². The zero-order valence-electron chi connectivity index (χ0n) is 18.2. The molecule has 2 amide bonds. The van der Waals surface area contributed by atoms with E-state index in [4.69, 9.17) is 9.62 Å². The first-order valence-electron chi connectivity index (χ1n) is 10.2. The van der Waals surface area contributed by atoms with Gasteiger partial charge in [-0.2, -0.15) is 5.10 Å². The van der Waals surface area contributed by atoms with Gasteiger partial charge in [0.1, 0.15) is 11.5 Å². The summed E-state index contributed by atoms with van der Waals surface area (Å²) in [4.78, 5) is 27.4. The van der Waals surface area contributed by atoms with Crippen LogP contribution in [0.25, 0.3) is 16.3 Å². The molecule has 1 aromatic carbocycles.